The van der Waals surface area contributed by atoms with Crippen LogP contribution in [0.5, 0.6) is 5.75 Å². The highest BCUT2D eigenvalue weighted by Crippen LogP contribution is 2.26. The van der Waals surface area contributed by atoms with Gasteiger partial charge in [-0.1, -0.05) is 26.0 Å². The monoisotopic (exact) mass is 264 g/mol. The van der Waals surface area contributed by atoms with E-state index in [9.17, 15) is 0 Å². The Balaban J connectivity index is 2.92. The number of nitrogens with two attached hydrogens (primary N) is 1. The van der Waals surface area contributed by atoms with E-state index >= 15 is 0 Å². The molecule has 0 spiro atoms. The van der Waals surface area contributed by atoms with Gasteiger partial charge in [0.15, 0.2) is 0 Å². The lowest BCUT2D eigenvalue weighted by atomic mass is 9.99. The van der Waals surface area contributed by atoms with Crippen molar-refractivity contribution in [2.24, 2.45) is 11.7 Å². The highest BCUT2D eigenvalue weighted by molar-refractivity contribution is 5.31. The van der Waals surface area contributed by atoms with Gasteiger partial charge in [-0.15, -0.1) is 0 Å². The molecule has 1 aromatic carbocycles. The molecule has 0 heterocycles. The fourth-order valence-electron chi connectivity index (χ4n) is 2.27. The largest absolute Gasteiger partial charge is 0.494 e. The Morgan fingerprint density at radius 3 is 2.47 bits per heavy atom. The van der Waals surface area contributed by atoms with Crippen molar-refractivity contribution in [2.45, 2.75) is 39.8 Å². The summed E-state index contributed by atoms with van der Waals surface area (Å²) in [5, 5.41) is 0. The summed E-state index contributed by atoms with van der Waals surface area (Å²) in [5.41, 5.74) is 7.21. The van der Waals surface area contributed by atoms with E-state index in [0.29, 0.717) is 25.1 Å². The van der Waals surface area contributed by atoms with Crippen LogP contribution in [0.1, 0.15) is 39.3 Å². The van der Waals surface area contributed by atoms with Gasteiger partial charge in [0.25, 0.3) is 0 Å². The number of likely N-dealkylation sites (N-methyl/N-ethyl adjacent to an activating group) is 1. The van der Waals surface area contributed by atoms with Gasteiger partial charge in [-0.05, 0) is 44.5 Å². The summed E-state index contributed by atoms with van der Waals surface area (Å²) in [6, 6.07) is 8.99. The maximum absolute atomic E-state index is 5.99. The molecule has 1 rings (SSSR count). The van der Waals surface area contributed by atoms with Crippen LogP contribution in [0, 0.1) is 5.92 Å². The molecule has 0 amide bonds. The molecular weight excluding hydrogens is 236 g/mol. The first kappa shape index (κ1) is 16.0. The molecule has 0 aromatic heterocycles. The molecular formula is C16H28N2O. The van der Waals surface area contributed by atoms with Gasteiger partial charge in [0.05, 0.1) is 6.61 Å². The lowest BCUT2D eigenvalue weighted by Crippen LogP contribution is -2.39. The van der Waals surface area contributed by atoms with Crippen LogP contribution in [-0.4, -0.2) is 31.1 Å². The van der Waals surface area contributed by atoms with Gasteiger partial charge in [0.1, 0.15) is 5.75 Å². The maximum Gasteiger partial charge on any atom is 0.119 e. The average Bonchev–Trinajstić information content (AvgIpc) is 2.39. The minimum Gasteiger partial charge on any atom is -0.494 e. The second-order valence-electron chi connectivity index (χ2n) is 5.41. The highest BCUT2D eigenvalue weighted by atomic mass is 16.5. The van der Waals surface area contributed by atoms with Crippen LogP contribution in [0.25, 0.3) is 0 Å². The summed E-state index contributed by atoms with van der Waals surface area (Å²) in [7, 11) is 2.15. The van der Waals surface area contributed by atoms with Crippen molar-refractivity contribution < 1.29 is 4.74 Å². The lowest BCUT2D eigenvalue weighted by Gasteiger charge is -2.35. The van der Waals surface area contributed by atoms with Crippen LogP contribution in [0.15, 0.2) is 24.3 Å². The highest BCUT2D eigenvalue weighted by Gasteiger charge is 2.22. The minimum atomic E-state index is 0.234. The first-order valence-electron chi connectivity index (χ1n) is 7.16. The molecule has 19 heavy (non-hydrogen) atoms. The van der Waals surface area contributed by atoms with E-state index in [1.807, 2.05) is 19.1 Å². The second kappa shape index (κ2) is 7.51. The van der Waals surface area contributed by atoms with E-state index in [2.05, 4.69) is 44.9 Å². The van der Waals surface area contributed by atoms with E-state index in [4.69, 9.17) is 10.5 Å². The number of hydrogen-bond acceptors (Lipinski definition) is 3. The van der Waals surface area contributed by atoms with Gasteiger partial charge >= 0.3 is 0 Å². The van der Waals surface area contributed by atoms with Crippen molar-refractivity contribution in [3.05, 3.63) is 29.8 Å². The van der Waals surface area contributed by atoms with Gasteiger partial charge < -0.3 is 10.5 Å². The molecule has 3 nitrogen and oxygen atoms in total. The van der Waals surface area contributed by atoms with Crippen LogP contribution < -0.4 is 10.5 Å². The van der Waals surface area contributed by atoms with E-state index in [-0.39, 0.29) is 6.04 Å². The average molecular weight is 264 g/mol. The van der Waals surface area contributed by atoms with Crippen LogP contribution in [0.4, 0.5) is 0 Å². The Bertz CT molecular complexity index is 379. The quantitative estimate of drug-likeness (QED) is 0.822. The van der Waals surface area contributed by atoms with Crippen LogP contribution in [0.2, 0.25) is 0 Å². The zero-order valence-corrected chi connectivity index (χ0v) is 12.9. The second-order valence-corrected chi connectivity index (χ2v) is 5.41. The SMILES string of the molecule is CCOc1cccc(C(CN)N(C)C(C)C(C)C)c1. The molecule has 0 aliphatic heterocycles. The Labute approximate surface area is 117 Å². The molecule has 1 aromatic rings. The zero-order valence-electron chi connectivity index (χ0n) is 12.9. The molecule has 0 fully saturated rings. The Morgan fingerprint density at radius 1 is 1.26 bits per heavy atom. The summed E-state index contributed by atoms with van der Waals surface area (Å²) < 4.78 is 5.57. The Hall–Kier alpha value is -1.06. The molecule has 0 saturated heterocycles. The smallest absolute Gasteiger partial charge is 0.119 e. The standard InChI is InChI=1S/C16H28N2O/c1-6-19-15-9-7-8-14(10-15)16(11-17)18(5)13(4)12(2)3/h7-10,12-13,16H,6,11,17H2,1-5H3. The van der Waals surface area contributed by atoms with E-state index < -0.39 is 0 Å². The van der Waals surface area contributed by atoms with E-state index in [1.165, 1.54) is 5.56 Å². The summed E-state index contributed by atoms with van der Waals surface area (Å²) in [6.07, 6.45) is 0. The first-order chi connectivity index (χ1) is 9.01. The van der Waals surface area contributed by atoms with Crippen LogP contribution >= 0.6 is 0 Å². The Morgan fingerprint density at radius 2 is 1.95 bits per heavy atom. The number of hydrogen-bond donors (Lipinski definition) is 1. The van der Waals surface area contributed by atoms with Gasteiger partial charge in [-0.3, -0.25) is 4.90 Å². The van der Waals surface area contributed by atoms with Crippen molar-refractivity contribution >= 4 is 0 Å². The molecule has 0 aliphatic carbocycles. The third kappa shape index (κ3) is 4.22. The maximum atomic E-state index is 5.99. The third-order valence-corrected chi connectivity index (χ3v) is 3.88. The molecule has 0 radical (unpaired) electrons. The molecule has 2 atom stereocenters. The van der Waals surface area contributed by atoms with E-state index in [1.54, 1.807) is 0 Å². The molecule has 0 aliphatic rings. The fourth-order valence-corrected chi connectivity index (χ4v) is 2.27. The molecule has 2 N–H and O–H groups in total. The fraction of sp³-hybridized carbons (Fsp3) is 0.625. The number of nitrogens with zero attached hydrogens (tertiary/aromatic N) is 1. The number of benzene rings is 1. The summed E-state index contributed by atoms with van der Waals surface area (Å²) in [4.78, 5) is 2.36. The number of rotatable bonds is 7. The van der Waals surface area contributed by atoms with Crippen LogP contribution in [0.3, 0.4) is 0 Å². The van der Waals surface area contributed by atoms with Crippen molar-refractivity contribution in [2.75, 3.05) is 20.2 Å². The molecule has 0 bridgehead atoms. The van der Waals surface area contributed by atoms with Gasteiger partial charge in [0.2, 0.25) is 0 Å². The molecule has 108 valence electrons. The molecule has 3 heteroatoms. The topological polar surface area (TPSA) is 38.5 Å². The first-order valence-corrected chi connectivity index (χ1v) is 7.16. The van der Waals surface area contributed by atoms with Gasteiger partial charge in [-0.25, -0.2) is 0 Å². The zero-order chi connectivity index (χ0) is 14.4. The summed E-state index contributed by atoms with van der Waals surface area (Å²) in [6.45, 7) is 10.0. The minimum absolute atomic E-state index is 0.234. The van der Waals surface area contributed by atoms with Crippen molar-refractivity contribution in [3.8, 4) is 5.75 Å². The third-order valence-electron chi connectivity index (χ3n) is 3.88. The van der Waals surface area contributed by atoms with Crippen LogP contribution in [-0.2, 0) is 0 Å². The van der Waals surface area contributed by atoms with Gasteiger partial charge in [-0.2, -0.15) is 0 Å². The molecule has 2 unspecified atom stereocenters. The normalized spacial score (nSPS) is 14.7. The summed E-state index contributed by atoms with van der Waals surface area (Å²) >= 11 is 0. The lowest BCUT2D eigenvalue weighted by molar-refractivity contribution is 0.151. The Kier molecular flexibility index (Phi) is 6.32. The predicted molar refractivity (Wildman–Crippen MR) is 81.5 cm³/mol. The predicted octanol–water partition coefficient (Wildman–Crippen LogP) is 3.06. The molecule has 0 saturated carbocycles. The van der Waals surface area contributed by atoms with Crippen molar-refractivity contribution in [3.63, 3.8) is 0 Å². The van der Waals surface area contributed by atoms with Crippen molar-refractivity contribution in [1.29, 1.82) is 0 Å². The van der Waals surface area contributed by atoms with Crippen molar-refractivity contribution in [1.82, 2.24) is 4.90 Å². The van der Waals surface area contributed by atoms with Gasteiger partial charge in [0, 0.05) is 18.6 Å². The summed E-state index contributed by atoms with van der Waals surface area (Å²) in [5.74, 6) is 1.53. The number of ether oxygens (including phenoxy) is 1. The van der Waals surface area contributed by atoms with E-state index in [0.717, 1.165) is 5.75 Å².